The Balaban J connectivity index is 2.46. The highest BCUT2D eigenvalue weighted by molar-refractivity contribution is 6.17. The highest BCUT2D eigenvalue weighted by Gasteiger charge is 2.06. The molecule has 0 bridgehead atoms. The maximum atomic E-state index is 5.73. The van der Waals surface area contributed by atoms with E-state index in [1.165, 1.54) is 0 Å². The van der Waals surface area contributed by atoms with E-state index in [-0.39, 0.29) is 0 Å². The summed E-state index contributed by atoms with van der Waals surface area (Å²) in [7, 11) is 1.58. The number of hydrogen-bond donors (Lipinski definition) is 1. The van der Waals surface area contributed by atoms with Gasteiger partial charge in [-0.2, -0.15) is 4.98 Å². The van der Waals surface area contributed by atoms with Crippen molar-refractivity contribution in [3.63, 3.8) is 0 Å². The van der Waals surface area contributed by atoms with Crippen LogP contribution in [0.1, 0.15) is 19.8 Å². The Morgan fingerprint density at radius 3 is 2.94 bits per heavy atom. The van der Waals surface area contributed by atoms with Crippen LogP contribution in [0, 0.1) is 5.92 Å². The van der Waals surface area contributed by atoms with Gasteiger partial charge in [0.05, 0.1) is 19.5 Å². The molecule has 0 aromatic carbocycles. The molecule has 0 amide bonds. The lowest BCUT2D eigenvalue weighted by molar-refractivity contribution is 0.396. The van der Waals surface area contributed by atoms with Crippen molar-refractivity contribution in [2.75, 3.05) is 24.9 Å². The quantitative estimate of drug-likeness (QED) is 0.748. The zero-order chi connectivity index (χ0) is 11.8. The number of halogens is 1. The number of methoxy groups -OCH3 is 1. The number of alkyl halides is 1. The smallest absolute Gasteiger partial charge is 0.233 e. The molecule has 1 N–H and O–H groups in total. The highest BCUT2D eigenvalue weighted by Crippen LogP contribution is 2.12. The van der Waals surface area contributed by atoms with Crippen molar-refractivity contribution in [3.05, 3.63) is 12.4 Å². The Kier molecular flexibility index (Phi) is 5.93. The van der Waals surface area contributed by atoms with Gasteiger partial charge >= 0.3 is 0 Å². The summed E-state index contributed by atoms with van der Waals surface area (Å²) in [4.78, 5) is 8.26. The standard InChI is InChI=1S/C11H18ClN3O/c1-3-9(4-5-12)6-14-10-7-13-8-11(15-10)16-2/h7-9H,3-6H2,1-2H3,(H,14,15). The third-order valence-electron chi connectivity index (χ3n) is 2.49. The molecular formula is C11H18ClN3O. The van der Waals surface area contributed by atoms with Crippen molar-refractivity contribution in [1.29, 1.82) is 0 Å². The summed E-state index contributed by atoms with van der Waals surface area (Å²) in [5.41, 5.74) is 0. The first-order valence-electron chi connectivity index (χ1n) is 5.46. The summed E-state index contributed by atoms with van der Waals surface area (Å²) >= 11 is 5.73. The average Bonchev–Trinajstić information content (AvgIpc) is 2.34. The SMILES string of the molecule is CCC(CCCl)CNc1cncc(OC)n1. The molecule has 1 aromatic heterocycles. The van der Waals surface area contributed by atoms with Gasteiger partial charge < -0.3 is 10.1 Å². The maximum absolute atomic E-state index is 5.73. The Morgan fingerprint density at radius 2 is 2.31 bits per heavy atom. The lowest BCUT2D eigenvalue weighted by atomic mass is 10.0. The molecule has 1 aromatic rings. The number of anilines is 1. The molecule has 1 rings (SSSR count). The van der Waals surface area contributed by atoms with Crippen LogP contribution < -0.4 is 10.1 Å². The topological polar surface area (TPSA) is 47.0 Å². The van der Waals surface area contributed by atoms with E-state index in [1.807, 2.05) is 0 Å². The van der Waals surface area contributed by atoms with E-state index < -0.39 is 0 Å². The zero-order valence-electron chi connectivity index (χ0n) is 9.74. The summed E-state index contributed by atoms with van der Waals surface area (Å²) in [6, 6.07) is 0. The van der Waals surface area contributed by atoms with Crippen LogP contribution >= 0.6 is 11.6 Å². The fraction of sp³-hybridized carbons (Fsp3) is 0.636. The molecule has 5 heteroatoms. The molecule has 16 heavy (non-hydrogen) atoms. The molecule has 90 valence electrons. The molecule has 0 fully saturated rings. The minimum Gasteiger partial charge on any atom is -0.480 e. The van der Waals surface area contributed by atoms with E-state index in [2.05, 4.69) is 22.2 Å². The summed E-state index contributed by atoms with van der Waals surface area (Å²) < 4.78 is 5.00. The van der Waals surface area contributed by atoms with Gasteiger partial charge in [-0.15, -0.1) is 11.6 Å². The van der Waals surface area contributed by atoms with E-state index in [9.17, 15) is 0 Å². The predicted octanol–water partition coefficient (Wildman–Crippen LogP) is 2.55. The highest BCUT2D eigenvalue weighted by atomic mass is 35.5. The van der Waals surface area contributed by atoms with Gasteiger partial charge in [-0.3, -0.25) is 4.98 Å². The van der Waals surface area contributed by atoms with Crippen LogP contribution in [0.5, 0.6) is 5.88 Å². The van der Waals surface area contributed by atoms with E-state index in [1.54, 1.807) is 19.5 Å². The Hall–Kier alpha value is -1.03. The van der Waals surface area contributed by atoms with Crippen molar-refractivity contribution in [3.8, 4) is 5.88 Å². The minimum absolute atomic E-state index is 0.524. The van der Waals surface area contributed by atoms with Crippen LogP contribution in [-0.2, 0) is 0 Å². The first kappa shape index (κ1) is 13.0. The minimum atomic E-state index is 0.524. The van der Waals surface area contributed by atoms with Crippen LogP contribution in [0.3, 0.4) is 0 Å². The zero-order valence-corrected chi connectivity index (χ0v) is 10.5. The summed E-state index contributed by atoms with van der Waals surface area (Å²) in [5.74, 6) is 2.54. The molecule has 1 atom stereocenters. The first-order chi connectivity index (χ1) is 7.80. The number of nitrogens with one attached hydrogen (secondary N) is 1. The van der Waals surface area contributed by atoms with Gasteiger partial charge in [-0.25, -0.2) is 0 Å². The molecule has 1 heterocycles. The normalized spacial score (nSPS) is 12.2. The molecule has 0 spiro atoms. The van der Waals surface area contributed by atoms with Crippen LogP contribution in [0.15, 0.2) is 12.4 Å². The van der Waals surface area contributed by atoms with Crippen LogP contribution in [-0.4, -0.2) is 29.5 Å². The lowest BCUT2D eigenvalue weighted by Crippen LogP contribution is -2.15. The molecule has 4 nitrogen and oxygen atoms in total. The lowest BCUT2D eigenvalue weighted by Gasteiger charge is -2.14. The van der Waals surface area contributed by atoms with Crippen LogP contribution in [0.2, 0.25) is 0 Å². The van der Waals surface area contributed by atoms with Gasteiger partial charge in [0.2, 0.25) is 5.88 Å². The van der Waals surface area contributed by atoms with Crippen molar-refractivity contribution in [2.45, 2.75) is 19.8 Å². The maximum Gasteiger partial charge on any atom is 0.233 e. The molecule has 0 aliphatic rings. The molecule has 0 saturated carbocycles. The van der Waals surface area contributed by atoms with Crippen LogP contribution in [0.25, 0.3) is 0 Å². The summed E-state index contributed by atoms with van der Waals surface area (Å²) in [6.45, 7) is 3.03. The number of ether oxygens (including phenoxy) is 1. The average molecular weight is 244 g/mol. The fourth-order valence-corrected chi connectivity index (χ4v) is 1.69. The van der Waals surface area contributed by atoms with E-state index >= 15 is 0 Å². The number of nitrogens with zero attached hydrogens (tertiary/aromatic N) is 2. The largest absolute Gasteiger partial charge is 0.480 e. The second-order valence-corrected chi connectivity index (χ2v) is 3.96. The molecule has 1 unspecified atom stereocenters. The molecular weight excluding hydrogens is 226 g/mol. The van der Waals surface area contributed by atoms with E-state index in [0.29, 0.717) is 17.7 Å². The summed E-state index contributed by atoms with van der Waals surface area (Å²) in [5, 5.41) is 3.24. The predicted molar refractivity (Wildman–Crippen MR) is 66.2 cm³/mol. The van der Waals surface area contributed by atoms with Gasteiger partial charge in [-0.05, 0) is 12.3 Å². The summed E-state index contributed by atoms with van der Waals surface area (Å²) in [6.07, 6.45) is 5.40. The Bertz CT molecular complexity index is 309. The third kappa shape index (κ3) is 4.23. The Labute approximate surface area is 101 Å². The number of aromatic nitrogens is 2. The van der Waals surface area contributed by atoms with Crippen molar-refractivity contribution < 1.29 is 4.74 Å². The Morgan fingerprint density at radius 1 is 1.50 bits per heavy atom. The fourth-order valence-electron chi connectivity index (χ4n) is 1.39. The molecule has 0 saturated heterocycles. The second kappa shape index (κ2) is 7.28. The van der Waals surface area contributed by atoms with Crippen molar-refractivity contribution >= 4 is 17.4 Å². The monoisotopic (exact) mass is 243 g/mol. The van der Waals surface area contributed by atoms with Gasteiger partial charge in [-0.1, -0.05) is 13.3 Å². The molecule has 0 aliphatic carbocycles. The van der Waals surface area contributed by atoms with E-state index in [0.717, 1.165) is 25.2 Å². The number of rotatable bonds is 7. The van der Waals surface area contributed by atoms with Crippen LogP contribution in [0.4, 0.5) is 5.82 Å². The van der Waals surface area contributed by atoms with Gasteiger partial charge in [0.1, 0.15) is 5.82 Å². The van der Waals surface area contributed by atoms with Gasteiger partial charge in [0, 0.05) is 12.4 Å². The van der Waals surface area contributed by atoms with Crippen molar-refractivity contribution in [2.24, 2.45) is 5.92 Å². The van der Waals surface area contributed by atoms with Gasteiger partial charge in [0.25, 0.3) is 0 Å². The van der Waals surface area contributed by atoms with Gasteiger partial charge in [0.15, 0.2) is 0 Å². The second-order valence-electron chi connectivity index (χ2n) is 3.58. The van der Waals surface area contributed by atoms with E-state index in [4.69, 9.17) is 16.3 Å². The van der Waals surface area contributed by atoms with Crippen molar-refractivity contribution in [1.82, 2.24) is 9.97 Å². The molecule has 0 radical (unpaired) electrons. The molecule has 0 aliphatic heterocycles. The number of hydrogen-bond acceptors (Lipinski definition) is 4. The third-order valence-corrected chi connectivity index (χ3v) is 2.71. The first-order valence-corrected chi connectivity index (χ1v) is 5.99.